The molecule has 1 unspecified atom stereocenters. The van der Waals surface area contributed by atoms with Crippen LogP contribution in [0.2, 0.25) is 0 Å². The zero-order valence-corrected chi connectivity index (χ0v) is 14.5. The van der Waals surface area contributed by atoms with Gasteiger partial charge in [0.25, 0.3) is 10.0 Å². The lowest BCUT2D eigenvalue weighted by Gasteiger charge is -2.16. The molecule has 1 rings (SSSR count). The fourth-order valence-corrected chi connectivity index (χ4v) is 3.19. The van der Waals surface area contributed by atoms with Gasteiger partial charge in [0.05, 0.1) is 4.90 Å². The lowest BCUT2D eigenvalue weighted by Crippen LogP contribution is -2.21. The van der Waals surface area contributed by atoms with E-state index in [1.54, 1.807) is 30.5 Å². The monoisotopic (exact) mass is 325 g/mol. The SMILES string of the molecule is CCCCC(CO)C/C=C/N(C)S(=O)(=O)c1ccc(C)cc1. The van der Waals surface area contributed by atoms with Gasteiger partial charge in [-0.25, -0.2) is 8.42 Å². The first-order valence-electron chi connectivity index (χ1n) is 7.74. The fourth-order valence-electron chi connectivity index (χ4n) is 2.13. The van der Waals surface area contributed by atoms with Crippen LogP contribution in [0.25, 0.3) is 0 Å². The van der Waals surface area contributed by atoms with Gasteiger partial charge in [0.15, 0.2) is 0 Å². The van der Waals surface area contributed by atoms with Crippen LogP contribution in [-0.2, 0) is 10.0 Å². The molecule has 0 aromatic heterocycles. The largest absolute Gasteiger partial charge is 0.396 e. The number of aliphatic hydroxyl groups excluding tert-OH is 1. The van der Waals surface area contributed by atoms with Crippen LogP contribution in [0.15, 0.2) is 41.4 Å². The minimum atomic E-state index is -3.49. The van der Waals surface area contributed by atoms with Crippen LogP contribution in [0.1, 0.15) is 38.2 Å². The van der Waals surface area contributed by atoms with Crippen LogP contribution in [-0.4, -0.2) is 31.5 Å². The third-order valence-electron chi connectivity index (χ3n) is 3.71. The molecule has 1 aromatic rings. The number of hydrogen-bond acceptors (Lipinski definition) is 3. The Balaban J connectivity index is 2.68. The summed E-state index contributed by atoms with van der Waals surface area (Å²) in [5.74, 6) is 0.201. The van der Waals surface area contributed by atoms with Crippen molar-refractivity contribution in [2.75, 3.05) is 13.7 Å². The molecule has 0 fully saturated rings. The van der Waals surface area contributed by atoms with Crippen LogP contribution in [0, 0.1) is 12.8 Å². The van der Waals surface area contributed by atoms with E-state index in [4.69, 9.17) is 0 Å². The Morgan fingerprint density at radius 1 is 1.27 bits per heavy atom. The van der Waals surface area contributed by atoms with E-state index in [1.807, 2.05) is 13.0 Å². The highest BCUT2D eigenvalue weighted by atomic mass is 32.2. The molecule has 0 aliphatic heterocycles. The van der Waals surface area contributed by atoms with E-state index in [0.29, 0.717) is 6.42 Å². The van der Waals surface area contributed by atoms with Crippen molar-refractivity contribution < 1.29 is 13.5 Å². The number of aryl methyl sites for hydroxylation is 1. The van der Waals surface area contributed by atoms with Gasteiger partial charge >= 0.3 is 0 Å². The summed E-state index contributed by atoms with van der Waals surface area (Å²) in [5.41, 5.74) is 1.03. The molecular formula is C17H27NO3S. The summed E-state index contributed by atoms with van der Waals surface area (Å²) >= 11 is 0. The third-order valence-corrected chi connectivity index (χ3v) is 5.45. The molecule has 124 valence electrons. The molecule has 0 radical (unpaired) electrons. The van der Waals surface area contributed by atoms with Crippen molar-refractivity contribution >= 4 is 10.0 Å². The van der Waals surface area contributed by atoms with Crippen LogP contribution >= 0.6 is 0 Å². The van der Waals surface area contributed by atoms with Crippen molar-refractivity contribution in [3.8, 4) is 0 Å². The number of nitrogens with zero attached hydrogens (tertiary/aromatic N) is 1. The topological polar surface area (TPSA) is 57.6 Å². The second-order valence-corrected chi connectivity index (χ2v) is 7.64. The maximum Gasteiger partial charge on any atom is 0.263 e. The summed E-state index contributed by atoms with van der Waals surface area (Å²) in [6.07, 6.45) is 7.22. The summed E-state index contributed by atoms with van der Waals surface area (Å²) in [6.45, 7) is 4.18. The Bertz CT molecular complexity index is 564. The molecule has 0 heterocycles. The highest BCUT2D eigenvalue weighted by molar-refractivity contribution is 7.89. The third kappa shape index (κ3) is 5.46. The van der Waals surface area contributed by atoms with Gasteiger partial charge in [-0.05, 0) is 37.8 Å². The summed E-state index contributed by atoms with van der Waals surface area (Å²) in [4.78, 5) is 0.287. The van der Waals surface area contributed by atoms with Crippen LogP contribution in [0.3, 0.4) is 0 Å². The number of unbranched alkanes of at least 4 members (excludes halogenated alkanes) is 1. The van der Waals surface area contributed by atoms with Crippen molar-refractivity contribution in [3.05, 3.63) is 42.1 Å². The van der Waals surface area contributed by atoms with Gasteiger partial charge in [0, 0.05) is 19.9 Å². The van der Waals surface area contributed by atoms with Gasteiger partial charge in [-0.15, -0.1) is 0 Å². The van der Waals surface area contributed by atoms with Crippen LogP contribution in [0.5, 0.6) is 0 Å². The van der Waals surface area contributed by atoms with E-state index in [9.17, 15) is 13.5 Å². The Kier molecular flexibility index (Phi) is 7.62. The maximum absolute atomic E-state index is 12.4. The predicted molar refractivity (Wildman–Crippen MR) is 90.0 cm³/mol. The molecule has 0 bridgehead atoms. The molecule has 22 heavy (non-hydrogen) atoms. The predicted octanol–water partition coefficient (Wildman–Crippen LogP) is 3.32. The van der Waals surface area contributed by atoms with E-state index in [2.05, 4.69) is 6.92 Å². The Hall–Kier alpha value is -1.33. The van der Waals surface area contributed by atoms with Crippen LogP contribution < -0.4 is 0 Å². The normalized spacial score (nSPS) is 13.5. The van der Waals surface area contributed by atoms with Gasteiger partial charge in [-0.2, -0.15) is 0 Å². The van der Waals surface area contributed by atoms with Gasteiger partial charge < -0.3 is 5.11 Å². The van der Waals surface area contributed by atoms with Gasteiger partial charge in [-0.1, -0.05) is 43.5 Å². The van der Waals surface area contributed by atoms with Crippen molar-refractivity contribution in [2.45, 2.75) is 44.4 Å². The van der Waals surface area contributed by atoms with Gasteiger partial charge in [-0.3, -0.25) is 4.31 Å². The maximum atomic E-state index is 12.4. The molecule has 0 aliphatic carbocycles. The standard InChI is InChI=1S/C17H27NO3S/c1-4-5-7-16(14-19)8-6-13-18(3)22(20,21)17-11-9-15(2)10-12-17/h6,9-13,16,19H,4-5,7-8,14H2,1-3H3/b13-6+. The molecule has 1 atom stereocenters. The molecule has 0 saturated carbocycles. The summed E-state index contributed by atoms with van der Waals surface area (Å²) < 4.78 is 26.0. The van der Waals surface area contributed by atoms with Crippen molar-refractivity contribution in [3.63, 3.8) is 0 Å². The van der Waals surface area contributed by atoms with E-state index < -0.39 is 10.0 Å². The number of rotatable bonds is 9. The lowest BCUT2D eigenvalue weighted by molar-refractivity contribution is 0.217. The lowest BCUT2D eigenvalue weighted by atomic mass is 10.00. The van der Waals surface area contributed by atoms with Crippen molar-refractivity contribution in [2.24, 2.45) is 5.92 Å². The summed E-state index contributed by atoms with van der Waals surface area (Å²) in [6, 6.07) is 6.81. The Morgan fingerprint density at radius 2 is 1.91 bits per heavy atom. The number of benzene rings is 1. The minimum absolute atomic E-state index is 0.138. The molecule has 5 heteroatoms. The van der Waals surface area contributed by atoms with Crippen LogP contribution in [0.4, 0.5) is 0 Å². The minimum Gasteiger partial charge on any atom is -0.396 e. The quantitative estimate of drug-likeness (QED) is 0.758. The average Bonchev–Trinajstić information content (AvgIpc) is 2.50. The second kappa shape index (κ2) is 8.96. The number of allylic oxidation sites excluding steroid dienone is 1. The molecule has 0 saturated heterocycles. The first kappa shape index (κ1) is 18.7. The summed E-state index contributed by atoms with van der Waals surface area (Å²) in [5, 5.41) is 9.32. The van der Waals surface area contributed by atoms with E-state index in [-0.39, 0.29) is 17.4 Å². The molecule has 0 amide bonds. The fraction of sp³-hybridized carbons (Fsp3) is 0.529. The zero-order chi connectivity index (χ0) is 16.6. The molecule has 1 N–H and O–H groups in total. The van der Waals surface area contributed by atoms with Gasteiger partial charge in [0.2, 0.25) is 0 Å². The number of hydrogen-bond donors (Lipinski definition) is 1. The number of aliphatic hydroxyl groups is 1. The first-order chi connectivity index (χ1) is 10.4. The first-order valence-corrected chi connectivity index (χ1v) is 9.18. The van der Waals surface area contributed by atoms with E-state index in [1.165, 1.54) is 11.4 Å². The molecular weight excluding hydrogens is 298 g/mol. The molecule has 1 aromatic carbocycles. The molecule has 4 nitrogen and oxygen atoms in total. The second-order valence-electron chi connectivity index (χ2n) is 5.65. The zero-order valence-electron chi connectivity index (χ0n) is 13.7. The number of sulfonamides is 1. The Morgan fingerprint density at radius 3 is 2.45 bits per heavy atom. The molecule has 0 aliphatic rings. The smallest absolute Gasteiger partial charge is 0.263 e. The average molecular weight is 325 g/mol. The van der Waals surface area contributed by atoms with Crippen molar-refractivity contribution in [1.29, 1.82) is 0 Å². The Labute approximate surface area is 134 Å². The highest BCUT2D eigenvalue weighted by Crippen LogP contribution is 2.17. The highest BCUT2D eigenvalue weighted by Gasteiger charge is 2.17. The molecule has 0 spiro atoms. The summed E-state index contributed by atoms with van der Waals surface area (Å²) in [7, 11) is -1.96. The van der Waals surface area contributed by atoms with Gasteiger partial charge in [0.1, 0.15) is 0 Å². The van der Waals surface area contributed by atoms with Crippen molar-refractivity contribution in [1.82, 2.24) is 4.31 Å². The van der Waals surface area contributed by atoms with E-state index in [0.717, 1.165) is 24.8 Å². The van der Waals surface area contributed by atoms with E-state index >= 15 is 0 Å².